The normalized spacial score (nSPS) is 18.3. The van der Waals surface area contributed by atoms with Gasteiger partial charge >= 0.3 is 0 Å². The molecule has 1 saturated carbocycles. The van der Waals surface area contributed by atoms with Gasteiger partial charge in [-0.2, -0.15) is 5.26 Å². The van der Waals surface area contributed by atoms with Crippen LogP contribution in [0.2, 0.25) is 5.02 Å². The summed E-state index contributed by atoms with van der Waals surface area (Å²) in [6.45, 7) is 9.05. The first kappa shape index (κ1) is 32.0. The summed E-state index contributed by atoms with van der Waals surface area (Å²) in [5, 5.41) is 29.8. The summed E-state index contributed by atoms with van der Waals surface area (Å²) in [6, 6.07) is 14.3. The number of ether oxygens (including phenoxy) is 1. The molecular formula is C32H39ClN6O4. The Balaban J connectivity index is 1.28. The lowest BCUT2D eigenvalue weighted by Gasteiger charge is -2.63. The van der Waals surface area contributed by atoms with Crippen molar-refractivity contribution in [2.45, 2.75) is 84.9 Å². The van der Waals surface area contributed by atoms with Crippen LogP contribution >= 0.6 is 11.6 Å². The van der Waals surface area contributed by atoms with Crippen LogP contribution < -0.4 is 15.5 Å². The van der Waals surface area contributed by atoms with E-state index < -0.39 is 0 Å². The first-order valence-electron chi connectivity index (χ1n) is 14.6. The summed E-state index contributed by atoms with van der Waals surface area (Å²) < 4.78 is 8.14. The molecule has 1 fully saturated rings. The molecular weight excluding hydrogens is 568 g/mol. The van der Waals surface area contributed by atoms with Crippen molar-refractivity contribution >= 4 is 23.4 Å². The maximum atomic E-state index is 13.3. The second-order valence-electron chi connectivity index (χ2n) is 12.3. The lowest BCUT2D eigenvalue weighted by Crippen LogP contribution is -2.74. The SMILES string of the molecule is CC1(C)C(NC(=O)c2ccc(-c3cn(CCCCCCCC(=O)NO)nn3)cc2)C(C)(C)C1Oc1ccc(C#N)c(Cl)c1. The van der Waals surface area contributed by atoms with E-state index >= 15 is 0 Å². The number of hydroxylamine groups is 1. The molecule has 43 heavy (non-hydrogen) atoms. The molecule has 0 atom stereocenters. The Kier molecular flexibility index (Phi) is 10.1. The molecule has 4 rings (SSSR count). The largest absolute Gasteiger partial charge is 0.489 e. The van der Waals surface area contributed by atoms with Crippen molar-refractivity contribution < 1.29 is 19.5 Å². The smallest absolute Gasteiger partial charge is 0.251 e. The standard InChI is InChI=1S/C32H39ClN6O4/c1-31(2)29(32(3,4)30(31)43-24-16-15-23(19-34)25(33)18-24)35-28(41)22-13-11-21(12-14-22)26-20-39(38-36-26)17-9-7-5-6-8-10-27(40)37-42/h11-16,18,20,29-30,42H,5-10,17H2,1-4H3,(H,35,41)(H,37,40). The molecule has 2 amide bonds. The second kappa shape index (κ2) is 13.6. The van der Waals surface area contributed by atoms with Gasteiger partial charge in [-0.05, 0) is 37.1 Å². The zero-order chi connectivity index (χ0) is 31.2. The highest BCUT2D eigenvalue weighted by Gasteiger charge is 2.64. The third kappa shape index (κ3) is 7.35. The lowest BCUT2D eigenvalue weighted by atomic mass is 9.49. The number of rotatable bonds is 13. The quantitative estimate of drug-likeness (QED) is 0.124. The maximum absolute atomic E-state index is 13.3. The van der Waals surface area contributed by atoms with Gasteiger partial charge in [0.15, 0.2) is 0 Å². The molecule has 1 aliphatic carbocycles. The molecule has 1 heterocycles. The zero-order valence-corrected chi connectivity index (χ0v) is 25.8. The summed E-state index contributed by atoms with van der Waals surface area (Å²) >= 11 is 6.20. The fraction of sp³-hybridized carbons (Fsp3) is 0.469. The van der Waals surface area contributed by atoms with Gasteiger partial charge in [0.25, 0.3) is 5.91 Å². The third-order valence-electron chi connectivity index (χ3n) is 8.33. The highest BCUT2D eigenvalue weighted by molar-refractivity contribution is 6.31. The molecule has 0 aliphatic heterocycles. The van der Waals surface area contributed by atoms with Crippen LogP contribution in [0.25, 0.3) is 11.3 Å². The lowest BCUT2D eigenvalue weighted by molar-refractivity contribution is -0.164. The van der Waals surface area contributed by atoms with Gasteiger partial charge in [0.1, 0.15) is 23.6 Å². The Morgan fingerprint density at radius 2 is 1.72 bits per heavy atom. The maximum Gasteiger partial charge on any atom is 0.251 e. The van der Waals surface area contributed by atoms with E-state index in [1.807, 2.05) is 23.0 Å². The van der Waals surface area contributed by atoms with E-state index in [4.69, 9.17) is 26.8 Å². The monoisotopic (exact) mass is 606 g/mol. The molecule has 0 radical (unpaired) electrons. The number of carbonyl (C=O) groups excluding carboxylic acids is 2. The minimum Gasteiger partial charge on any atom is -0.489 e. The number of hydrogen-bond acceptors (Lipinski definition) is 7. The zero-order valence-electron chi connectivity index (χ0n) is 25.1. The van der Waals surface area contributed by atoms with Crippen LogP contribution in [-0.2, 0) is 11.3 Å². The summed E-state index contributed by atoms with van der Waals surface area (Å²) in [6.07, 6.45) is 6.74. The molecule has 228 valence electrons. The van der Waals surface area contributed by atoms with E-state index in [0.717, 1.165) is 49.9 Å². The molecule has 0 unspecified atom stereocenters. The van der Waals surface area contributed by atoms with Crippen LogP contribution in [0.1, 0.15) is 82.1 Å². The van der Waals surface area contributed by atoms with Crippen LogP contribution in [-0.4, -0.2) is 44.2 Å². The number of aryl methyl sites for hydroxylation is 1. The fourth-order valence-corrected chi connectivity index (χ4v) is 6.50. The van der Waals surface area contributed by atoms with E-state index in [1.165, 1.54) is 0 Å². The Labute approximate surface area is 257 Å². The molecule has 3 aromatic rings. The Morgan fingerprint density at radius 1 is 1.05 bits per heavy atom. The van der Waals surface area contributed by atoms with Gasteiger partial charge in [-0.25, -0.2) is 5.48 Å². The molecule has 0 spiro atoms. The highest BCUT2D eigenvalue weighted by Crippen LogP contribution is 2.55. The number of benzene rings is 2. The number of nitriles is 1. The van der Waals surface area contributed by atoms with E-state index in [9.17, 15) is 9.59 Å². The summed E-state index contributed by atoms with van der Waals surface area (Å²) in [5.41, 5.74) is 3.52. The molecule has 0 bridgehead atoms. The van der Waals surface area contributed by atoms with Gasteiger partial charge in [0.2, 0.25) is 5.91 Å². The van der Waals surface area contributed by atoms with Crippen molar-refractivity contribution in [3.05, 3.63) is 64.8 Å². The number of hydrogen-bond donors (Lipinski definition) is 3. The number of aromatic nitrogens is 3. The van der Waals surface area contributed by atoms with Crippen molar-refractivity contribution in [1.82, 2.24) is 25.8 Å². The number of halogens is 1. The van der Waals surface area contributed by atoms with Crippen LogP contribution in [0.4, 0.5) is 0 Å². The van der Waals surface area contributed by atoms with Gasteiger partial charge in [-0.1, -0.05) is 75.9 Å². The predicted octanol–water partition coefficient (Wildman–Crippen LogP) is 5.93. The number of nitrogens with zero attached hydrogens (tertiary/aromatic N) is 4. The van der Waals surface area contributed by atoms with Gasteiger partial charge in [0, 0.05) is 47.0 Å². The van der Waals surface area contributed by atoms with Crippen LogP contribution in [0.5, 0.6) is 5.75 Å². The Morgan fingerprint density at radius 3 is 2.37 bits per heavy atom. The van der Waals surface area contributed by atoms with Gasteiger partial charge in [0.05, 0.1) is 16.8 Å². The minimum atomic E-state index is -0.353. The average molecular weight is 607 g/mol. The second-order valence-corrected chi connectivity index (χ2v) is 12.7. The molecule has 2 aromatic carbocycles. The number of unbranched alkanes of at least 4 members (excludes halogenated alkanes) is 4. The summed E-state index contributed by atoms with van der Waals surface area (Å²) in [7, 11) is 0. The highest BCUT2D eigenvalue weighted by atomic mass is 35.5. The van der Waals surface area contributed by atoms with E-state index in [1.54, 1.807) is 35.8 Å². The first-order valence-corrected chi connectivity index (χ1v) is 15.0. The van der Waals surface area contributed by atoms with E-state index in [0.29, 0.717) is 28.3 Å². The average Bonchev–Trinajstić information content (AvgIpc) is 3.46. The molecule has 0 saturated heterocycles. The van der Waals surface area contributed by atoms with Crippen molar-refractivity contribution in [2.24, 2.45) is 10.8 Å². The first-order chi connectivity index (χ1) is 20.5. The molecule has 1 aromatic heterocycles. The Bertz CT molecular complexity index is 1460. The van der Waals surface area contributed by atoms with Gasteiger partial charge in [-0.15, -0.1) is 5.10 Å². The van der Waals surface area contributed by atoms with E-state index in [-0.39, 0.29) is 34.8 Å². The molecule has 10 nitrogen and oxygen atoms in total. The van der Waals surface area contributed by atoms with Crippen molar-refractivity contribution in [3.8, 4) is 23.1 Å². The number of nitrogens with one attached hydrogen (secondary N) is 2. The number of carbonyl (C=O) groups is 2. The summed E-state index contributed by atoms with van der Waals surface area (Å²) in [5.74, 6) is 0.0923. The third-order valence-corrected chi connectivity index (χ3v) is 8.64. The fourth-order valence-electron chi connectivity index (χ4n) is 6.29. The van der Waals surface area contributed by atoms with Crippen molar-refractivity contribution in [1.29, 1.82) is 5.26 Å². The Hall–Kier alpha value is -3.94. The topological polar surface area (TPSA) is 142 Å². The van der Waals surface area contributed by atoms with Crippen molar-refractivity contribution in [3.63, 3.8) is 0 Å². The molecule has 3 N–H and O–H groups in total. The van der Waals surface area contributed by atoms with E-state index in [2.05, 4.69) is 49.4 Å². The van der Waals surface area contributed by atoms with Crippen LogP contribution in [0.3, 0.4) is 0 Å². The number of amides is 2. The molecule has 11 heteroatoms. The molecule has 1 aliphatic rings. The van der Waals surface area contributed by atoms with Gasteiger partial charge in [-0.3, -0.25) is 19.5 Å². The minimum absolute atomic E-state index is 0.133. The van der Waals surface area contributed by atoms with Crippen molar-refractivity contribution in [2.75, 3.05) is 0 Å². The van der Waals surface area contributed by atoms with Gasteiger partial charge < -0.3 is 10.1 Å². The summed E-state index contributed by atoms with van der Waals surface area (Å²) in [4.78, 5) is 24.3. The predicted molar refractivity (Wildman–Crippen MR) is 162 cm³/mol. The van der Waals surface area contributed by atoms with Crippen LogP contribution in [0.15, 0.2) is 48.7 Å². The van der Waals surface area contributed by atoms with Crippen LogP contribution in [0, 0.1) is 22.2 Å².